The Kier molecular flexibility index (Phi) is 3.41. The molecular weight excluding hydrogens is 273 g/mol. The van der Waals surface area contributed by atoms with Crippen LogP contribution in [0.2, 0.25) is 0 Å². The van der Waals surface area contributed by atoms with E-state index in [0.29, 0.717) is 16.5 Å². The highest BCUT2D eigenvalue weighted by molar-refractivity contribution is 9.10. The SMILES string of the molecule is NC(Cc1ccco1)c1c(F)cccc1Br. The van der Waals surface area contributed by atoms with Gasteiger partial charge in [-0.3, -0.25) is 0 Å². The van der Waals surface area contributed by atoms with Crippen molar-refractivity contribution in [3.8, 4) is 0 Å². The highest BCUT2D eigenvalue weighted by Gasteiger charge is 2.16. The van der Waals surface area contributed by atoms with Gasteiger partial charge in [0.1, 0.15) is 11.6 Å². The van der Waals surface area contributed by atoms with Crippen molar-refractivity contribution in [1.82, 2.24) is 0 Å². The standard InChI is InChI=1S/C12H11BrFNO/c13-9-4-1-5-10(14)12(9)11(15)7-8-3-2-6-16-8/h1-6,11H,7,15H2. The maximum atomic E-state index is 13.6. The van der Waals surface area contributed by atoms with E-state index in [4.69, 9.17) is 10.2 Å². The molecule has 0 saturated carbocycles. The molecule has 0 aliphatic carbocycles. The summed E-state index contributed by atoms with van der Waals surface area (Å²) in [5.74, 6) is 0.455. The van der Waals surface area contributed by atoms with E-state index in [-0.39, 0.29) is 5.82 Å². The maximum absolute atomic E-state index is 13.6. The molecule has 1 heterocycles. The van der Waals surface area contributed by atoms with Gasteiger partial charge in [0.15, 0.2) is 0 Å². The summed E-state index contributed by atoms with van der Waals surface area (Å²) < 4.78 is 19.5. The largest absolute Gasteiger partial charge is 0.469 e. The monoisotopic (exact) mass is 283 g/mol. The summed E-state index contributed by atoms with van der Waals surface area (Å²) in [6.07, 6.45) is 2.06. The average Bonchev–Trinajstić information content (AvgIpc) is 2.70. The van der Waals surface area contributed by atoms with Crippen molar-refractivity contribution in [2.24, 2.45) is 5.73 Å². The van der Waals surface area contributed by atoms with E-state index >= 15 is 0 Å². The van der Waals surface area contributed by atoms with Gasteiger partial charge < -0.3 is 10.2 Å². The number of rotatable bonds is 3. The van der Waals surface area contributed by atoms with Gasteiger partial charge in [0.2, 0.25) is 0 Å². The molecule has 4 heteroatoms. The molecule has 0 fully saturated rings. The van der Waals surface area contributed by atoms with Gasteiger partial charge in [0.25, 0.3) is 0 Å². The summed E-state index contributed by atoms with van der Waals surface area (Å²) in [7, 11) is 0. The molecule has 2 nitrogen and oxygen atoms in total. The van der Waals surface area contributed by atoms with Crippen LogP contribution in [0.15, 0.2) is 45.5 Å². The fourth-order valence-electron chi connectivity index (χ4n) is 1.61. The zero-order valence-electron chi connectivity index (χ0n) is 8.49. The minimum Gasteiger partial charge on any atom is -0.469 e. The van der Waals surface area contributed by atoms with Crippen LogP contribution in [0.4, 0.5) is 4.39 Å². The fourth-order valence-corrected chi connectivity index (χ4v) is 2.25. The lowest BCUT2D eigenvalue weighted by Crippen LogP contribution is -2.15. The van der Waals surface area contributed by atoms with E-state index in [2.05, 4.69) is 15.9 Å². The van der Waals surface area contributed by atoms with E-state index in [1.165, 1.54) is 6.07 Å². The number of halogens is 2. The molecule has 0 aliphatic heterocycles. The molecule has 0 saturated heterocycles. The van der Waals surface area contributed by atoms with Gasteiger partial charge in [-0.2, -0.15) is 0 Å². The van der Waals surface area contributed by atoms with Crippen LogP contribution in [0.3, 0.4) is 0 Å². The third kappa shape index (κ3) is 2.33. The van der Waals surface area contributed by atoms with Crippen LogP contribution < -0.4 is 5.73 Å². The predicted molar refractivity (Wildman–Crippen MR) is 63.4 cm³/mol. The maximum Gasteiger partial charge on any atom is 0.129 e. The summed E-state index contributed by atoms with van der Waals surface area (Å²) in [4.78, 5) is 0. The van der Waals surface area contributed by atoms with E-state index in [0.717, 1.165) is 5.76 Å². The summed E-state index contributed by atoms with van der Waals surface area (Å²) in [5, 5.41) is 0. The Morgan fingerprint density at radius 3 is 2.75 bits per heavy atom. The Morgan fingerprint density at radius 1 is 1.31 bits per heavy atom. The molecule has 1 aromatic heterocycles. The normalized spacial score (nSPS) is 12.7. The molecule has 84 valence electrons. The van der Waals surface area contributed by atoms with Gasteiger partial charge in [-0.25, -0.2) is 4.39 Å². The summed E-state index contributed by atoms with van der Waals surface area (Å²) in [6, 6.07) is 8.03. The van der Waals surface area contributed by atoms with Crippen molar-refractivity contribution in [2.45, 2.75) is 12.5 Å². The van der Waals surface area contributed by atoms with Crippen LogP contribution in [-0.2, 0) is 6.42 Å². The lowest BCUT2D eigenvalue weighted by Gasteiger charge is -2.13. The van der Waals surface area contributed by atoms with Crippen LogP contribution in [0.1, 0.15) is 17.4 Å². The Morgan fingerprint density at radius 2 is 2.12 bits per heavy atom. The molecule has 1 aromatic carbocycles. The molecule has 2 N–H and O–H groups in total. The van der Waals surface area contributed by atoms with Crippen LogP contribution in [0, 0.1) is 5.82 Å². The molecule has 0 spiro atoms. The Hall–Kier alpha value is -1.13. The van der Waals surface area contributed by atoms with E-state index in [1.54, 1.807) is 24.5 Å². The third-order valence-electron chi connectivity index (χ3n) is 2.37. The van der Waals surface area contributed by atoms with E-state index in [1.807, 2.05) is 6.07 Å². The molecule has 16 heavy (non-hydrogen) atoms. The van der Waals surface area contributed by atoms with Crippen molar-refractivity contribution < 1.29 is 8.81 Å². The first kappa shape index (κ1) is 11.4. The van der Waals surface area contributed by atoms with Crippen molar-refractivity contribution in [3.05, 3.63) is 58.2 Å². The summed E-state index contributed by atoms with van der Waals surface area (Å²) >= 11 is 3.30. The lowest BCUT2D eigenvalue weighted by atomic mass is 10.0. The Balaban J connectivity index is 2.24. The van der Waals surface area contributed by atoms with Gasteiger partial charge in [0, 0.05) is 22.5 Å². The molecule has 1 unspecified atom stereocenters. The fraction of sp³-hybridized carbons (Fsp3) is 0.167. The van der Waals surface area contributed by atoms with Crippen molar-refractivity contribution in [3.63, 3.8) is 0 Å². The highest BCUT2D eigenvalue weighted by Crippen LogP contribution is 2.27. The van der Waals surface area contributed by atoms with E-state index in [9.17, 15) is 4.39 Å². The van der Waals surface area contributed by atoms with Gasteiger partial charge in [-0.15, -0.1) is 0 Å². The molecule has 0 bridgehead atoms. The number of furan rings is 1. The van der Waals surface area contributed by atoms with Gasteiger partial charge >= 0.3 is 0 Å². The Labute approximate surface area is 101 Å². The molecular formula is C12H11BrFNO. The van der Waals surface area contributed by atoms with Crippen molar-refractivity contribution >= 4 is 15.9 Å². The minimum atomic E-state index is -0.415. The van der Waals surface area contributed by atoms with Gasteiger partial charge in [-0.1, -0.05) is 22.0 Å². The minimum absolute atomic E-state index is 0.298. The van der Waals surface area contributed by atoms with Crippen molar-refractivity contribution in [2.75, 3.05) is 0 Å². The first-order chi connectivity index (χ1) is 7.68. The zero-order valence-corrected chi connectivity index (χ0v) is 10.1. The summed E-state index contributed by atoms with van der Waals surface area (Å²) in [5.41, 5.74) is 6.44. The second kappa shape index (κ2) is 4.80. The smallest absolute Gasteiger partial charge is 0.129 e. The molecule has 0 amide bonds. The molecule has 0 aliphatic rings. The number of nitrogens with two attached hydrogens (primary N) is 1. The van der Waals surface area contributed by atoms with Gasteiger partial charge in [0.05, 0.1) is 6.26 Å². The third-order valence-corrected chi connectivity index (χ3v) is 3.06. The first-order valence-electron chi connectivity index (χ1n) is 4.90. The Bertz CT molecular complexity index is 450. The van der Waals surface area contributed by atoms with Crippen LogP contribution in [0.25, 0.3) is 0 Å². The quantitative estimate of drug-likeness (QED) is 0.938. The average molecular weight is 284 g/mol. The summed E-state index contributed by atoms with van der Waals surface area (Å²) in [6.45, 7) is 0. The second-order valence-electron chi connectivity index (χ2n) is 3.53. The molecule has 1 atom stereocenters. The van der Waals surface area contributed by atoms with Crippen LogP contribution in [-0.4, -0.2) is 0 Å². The predicted octanol–water partition coefficient (Wildman–Crippen LogP) is 3.42. The molecule has 2 rings (SSSR count). The first-order valence-corrected chi connectivity index (χ1v) is 5.69. The zero-order chi connectivity index (χ0) is 11.5. The molecule has 0 radical (unpaired) electrons. The van der Waals surface area contributed by atoms with Gasteiger partial charge in [-0.05, 0) is 24.3 Å². The topological polar surface area (TPSA) is 39.2 Å². The van der Waals surface area contributed by atoms with Crippen molar-refractivity contribution in [1.29, 1.82) is 0 Å². The lowest BCUT2D eigenvalue weighted by molar-refractivity contribution is 0.481. The highest BCUT2D eigenvalue weighted by atomic mass is 79.9. The van der Waals surface area contributed by atoms with Crippen LogP contribution >= 0.6 is 15.9 Å². The van der Waals surface area contributed by atoms with Crippen LogP contribution in [0.5, 0.6) is 0 Å². The number of hydrogen-bond donors (Lipinski definition) is 1. The number of hydrogen-bond acceptors (Lipinski definition) is 2. The molecule has 2 aromatic rings. The number of benzene rings is 1. The second-order valence-corrected chi connectivity index (χ2v) is 4.38. The van der Waals surface area contributed by atoms with E-state index < -0.39 is 6.04 Å².